The van der Waals surface area contributed by atoms with Crippen molar-refractivity contribution in [3.63, 3.8) is 0 Å². The Hall–Kier alpha value is -2.83. The zero-order valence-corrected chi connectivity index (χ0v) is 27.2. The summed E-state index contributed by atoms with van der Waals surface area (Å²) in [6, 6.07) is 14.0. The van der Waals surface area contributed by atoms with Gasteiger partial charge < -0.3 is 19.3 Å². The van der Waals surface area contributed by atoms with Crippen LogP contribution in [-0.4, -0.2) is 50.6 Å². The van der Waals surface area contributed by atoms with E-state index in [1.807, 2.05) is 0 Å². The van der Waals surface area contributed by atoms with Gasteiger partial charge in [-0.25, -0.2) is 14.4 Å². The number of aliphatic hydroxyl groups excluding tert-OH is 1. The molecule has 0 radical (unpaired) electrons. The summed E-state index contributed by atoms with van der Waals surface area (Å²) in [5, 5.41) is 10.9. The van der Waals surface area contributed by atoms with E-state index >= 15 is 0 Å². The molecule has 0 aromatic heterocycles. The molecule has 0 amide bonds. The van der Waals surface area contributed by atoms with E-state index in [0.717, 1.165) is 5.56 Å². The molecule has 0 aliphatic heterocycles. The van der Waals surface area contributed by atoms with Crippen molar-refractivity contribution >= 4 is 74.9 Å². The molecule has 3 rings (SSSR count). The summed E-state index contributed by atoms with van der Waals surface area (Å²) < 4.78 is 30.4. The van der Waals surface area contributed by atoms with Crippen LogP contribution in [0.15, 0.2) is 54.6 Å². The first-order valence-corrected chi connectivity index (χ1v) is 14.3. The van der Waals surface area contributed by atoms with Crippen LogP contribution in [0.2, 0.25) is 15.1 Å². The molecule has 0 fully saturated rings. The third-order valence-electron chi connectivity index (χ3n) is 4.79. The van der Waals surface area contributed by atoms with E-state index in [1.54, 1.807) is 30.3 Å². The molecule has 15 heteroatoms. The fourth-order valence-corrected chi connectivity index (χ4v) is 3.89. The van der Waals surface area contributed by atoms with Gasteiger partial charge in [-0.2, -0.15) is 0 Å². The van der Waals surface area contributed by atoms with Crippen LogP contribution in [-0.2, 0) is 48.6 Å². The second-order valence-corrected chi connectivity index (χ2v) is 9.28. The van der Waals surface area contributed by atoms with E-state index < -0.39 is 26.8 Å². The molecule has 10 nitrogen and oxygen atoms in total. The number of esters is 3. The average molecular weight is 750 g/mol. The van der Waals surface area contributed by atoms with Crippen molar-refractivity contribution in [3.8, 4) is 0 Å². The van der Waals surface area contributed by atoms with Crippen molar-refractivity contribution in [1.29, 1.82) is 0 Å². The van der Waals surface area contributed by atoms with Crippen molar-refractivity contribution in [3.05, 3.63) is 103 Å². The summed E-state index contributed by atoms with van der Waals surface area (Å²) in [5.74, 6) is -1.27. The average Bonchev–Trinajstić information content (AvgIpc) is 3.01. The quantitative estimate of drug-likeness (QED) is 0.0995. The summed E-state index contributed by atoms with van der Waals surface area (Å²) in [6.45, 7) is -0.191. The second kappa shape index (κ2) is 21.8. The van der Waals surface area contributed by atoms with Crippen LogP contribution in [0.4, 0.5) is 0 Å². The SMILES string of the molecule is COC(=O)c1ccc(Cl)c(C=O)c1.COC(=O)c1ccc(Cl)c(CBr)c1.COC(=O)c1ccc(Cl)c(CO)c1.[O]=[Mn]=[O]. The number of hydrogen-bond acceptors (Lipinski definition) is 10. The molecule has 0 heterocycles. The normalized spacial score (nSPS) is 9.24. The van der Waals surface area contributed by atoms with Crippen molar-refractivity contribution in [2.75, 3.05) is 21.3 Å². The predicted octanol–water partition coefficient (Wildman–Crippen LogP) is 6.34. The number of halogens is 4. The Kier molecular flexibility index (Phi) is 20.3. The fraction of sp³-hybridized carbons (Fsp3) is 0.185. The fourth-order valence-electron chi connectivity index (χ4n) is 2.74. The summed E-state index contributed by atoms with van der Waals surface area (Å²) in [6.07, 6.45) is 0.592. The van der Waals surface area contributed by atoms with Crippen molar-refractivity contribution in [1.82, 2.24) is 0 Å². The van der Waals surface area contributed by atoms with Crippen LogP contribution in [0.25, 0.3) is 0 Å². The van der Waals surface area contributed by atoms with Gasteiger partial charge in [-0.15, -0.1) is 0 Å². The third-order valence-corrected chi connectivity index (χ3v) is 6.48. The van der Waals surface area contributed by atoms with Gasteiger partial charge in [-0.05, 0) is 65.7 Å². The van der Waals surface area contributed by atoms with Gasteiger partial charge in [0, 0.05) is 20.9 Å². The Morgan fingerprint density at radius 2 is 1.10 bits per heavy atom. The van der Waals surface area contributed by atoms with Gasteiger partial charge >= 0.3 is 40.4 Å². The van der Waals surface area contributed by atoms with Crippen LogP contribution in [0.5, 0.6) is 0 Å². The number of carbonyl (C=O) groups is 4. The first-order valence-electron chi connectivity index (χ1n) is 11.1. The van der Waals surface area contributed by atoms with E-state index in [2.05, 4.69) is 30.1 Å². The monoisotopic (exact) mass is 747 g/mol. The van der Waals surface area contributed by atoms with Gasteiger partial charge in [0.05, 0.1) is 49.6 Å². The van der Waals surface area contributed by atoms with Gasteiger partial charge in [0.1, 0.15) is 0 Å². The number of ether oxygens (including phenoxy) is 3. The molecule has 0 saturated heterocycles. The van der Waals surface area contributed by atoms with Crippen LogP contribution in [0.1, 0.15) is 52.6 Å². The van der Waals surface area contributed by atoms with Crippen LogP contribution in [0, 0.1) is 0 Å². The number of aliphatic hydroxyl groups is 1. The molecule has 0 aliphatic rings. The number of benzene rings is 3. The summed E-state index contributed by atoms with van der Waals surface area (Å²) >= 11 is 19.1. The van der Waals surface area contributed by atoms with Crippen LogP contribution < -0.4 is 0 Å². The number of rotatable bonds is 6. The molecule has 0 atom stereocenters. The molecule has 3 aromatic carbocycles. The Balaban J connectivity index is 0.000000572. The zero-order valence-electron chi connectivity index (χ0n) is 22.2. The maximum absolute atomic E-state index is 11.1. The van der Waals surface area contributed by atoms with Crippen molar-refractivity contribution < 1.29 is 61.0 Å². The number of carbonyl (C=O) groups excluding carboxylic acids is 4. The minimum absolute atomic E-state index is 0.191. The number of aldehydes is 1. The molecule has 3 aromatic rings. The van der Waals surface area contributed by atoms with Crippen molar-refractivity contribution in [2.45, 2.75) is 11.9 Å². The van der Waals surface area contributed by atoms with Gasteiger partial charge in [-0.1, -0.05) is 50.7 Å². The topological polar surface area (TPSA) is 150 Å². The maximum atomic E-state index is 11.1. The van der Waals surface area contributed by atoms with E-state index in [-0.39, 0.29) is 18.1 Å². The zero-order chi connectivity index (χ0) is 32.2. The second-order valence-electron chi connectivity index (χ2n) is 7.30. The molecule has 0 unspecified atom stereocenters. The standard InChI is InChI=1S/C9H8BrClO2.C9H9ClO3.C9H7ClO3.Mn.2O/c1-13-9(12)6-2-3-8(11)7(4-6)5-10;2*1-13-9(12)6-2-3-8(10)7(4-6)5-11;;;/h2-4H,5H2,1H3;2-4,11H,5H2,1H3;2-5H,1H3;;;. The van der Waals surface area contributed by atoms with E-state index in [9.17, 15) is 19.2 Å². The molecular formula is C27H24BrCl3MnO10. The minimum atomic E-state index is -1.44. The van der Waals surface area contributed by atoms with Gasteiger partial charge in [0.25, 0.3) is 0 Å². The summed E-state index contributed by atoms with van der Waals surface area (Å²) in [5.41, 5.74) is 2.89. The molecule has 227 valence electrons. The molecule has 1 N–H and O–H groups in total. The number of alkyl halides is 1. The first kappa shape index (κ1) is 39.2. The van der Waals surface area contributed by atoms with Crippen LogP contribution in [0.3, 0.4) is 0 Å². The van der Waals surface area contributed by atoms with Crippen molar-refractivity contribution in [2.24, 2.45) is 0 Å². The molecule has 0 bridgehead atoms. The summed E-state index contributed by atoms with van der Waals surface area (Å²) in [7, 11) is 3.93. The molecule has 42 heavy (non-hydrogen) atoms. The van der Waals surface area contributed by atoms with E-state index in [0.29, 0.717) is 48.9 Å². The first-order chi connectivity index (χ1) is 20.0. The Morgan fingerprint density at radius 3 is 1.45 bits per heavy atom. The number of methoxy groups -OCH3 is 3. The molecule has 0 spiro atoms. The third kappa shape index (κ3) is 13.4. The van der Waals surface area contributed by atoms with E-state index in [4.69, 9.17) is 47.6 Å². The van der Waals surface area contributed by atoms with Gasteiger partial charge in [0.15, 0.2) is 6.29 Å². The Labute approximate surface area is 270 Å². The van der Waals surface area contributed by atoms with Gasteiger partial charge in [0.2, 0.25) is 0 Å². The number of hydrogen-bond donors (Lipinski definition) is 1. The molecule has 0 saturated carbocycles. The molecular weight excluding hydrogens is 725 g/mol. The predicted molar refractivity (Wildman–Crippen MR) is 154 cm³/mol. The van der Waals surface area contributed by atoms with E-state index in [1.165, 1.54) is 45.6 Å². The summed E-state index contributed by atoms with van der Waals surface area (Å²) in [4.78, 5) is 43.6. The van der Waals surface area contributed by atoms with Crippen LogP contribution >= 0.6 is 50.7 Å². The Morgan fingerprint density at radius 1 is 0.738 bits per heavy atom. The van der Waals surface area contributed by atoms with Gasteiger partial charge in [-0.3, -0.25) is 4.79 Å². The Bertz CT molecular complexity index is 1350. The molecule has 0 aliphatic carbocycles.